The van der Waals surface area contributed by atoms with Gasteiger partial charge in [0.15, 0.2) is 0 Å². The molecule has 1 amide bonds. The molecule has 134 valence electrons. The molecule has 1 saturated heterocycles. The fourth-order valence-electron chi connectivity index (χ4n) is 3.47. The number of rotatable bonds is 6. The van der Waals surface area contributed by atoms with Crippen molar-refractivity contribution in [2.24, 2.45) is 0 Å². The molecule has 25 heavy (non-hydrogen) atoms. The molecule has 0 radical (unpaired) electrons. The Morgan fingerprint density at radius 2 is 1.96 bits per heavy atom. The number of nitrogens with zero attached hydrogens (tertiary/aromatic N) is 4. The lowest BCUT2D eigenvalue weighted by molar-refractivity contribution is -0.130. The molecule has 0 atom stereocenters. The summed E-state index contributed by atoms with van der Waals surface area (Å²) in [6, 6.07) is 12.0. The second-order valence-corrected chi connectivity index (χ2v) is 6.55. The van der Waals surface area contributed by atoms with Crippen LogP contribution in [0.1, 0.15) is 24.5 Å². The van der Waals surface area contributed by atoms with Gasteiger partial charge in [0.25, 0.3) is 0 Å². The maximum Gasteiger partial charge on any atom is 0.242 e. The number of aliphatic hydroxyl groups excluding tert-OH is 1. The lowest BCUT2D eigenvalue weighted by Gasteiger charge is -2.33. The van der Waals surface area contributed by atoms with E-state index >= 15 is 0 Å². The highest BCUT2D eigenvalue weighted by molar-refractivity contribution is 5.81. The first-order valence-electron chi connectivity index (χ1n) is 8.85. The average Bonchev–Trinajstić information content (AvgIpc) is 3.11. The second-order valence-electron chi connectivity index (χ2n) is 6.55. The monoisotopic (exact) mass is 342 g/mol. The molecule has 1 aromatic carbocycles. The normalized spacial score (nSPS) is 15.4. The van der Waals surface area contributed by atoms with Gasteiger partial charge in [0.1, 0.15) is 0 Å². The molecule has 1 aliphatic heterocycles. The minimum absolute atomic E-state index is 0.0951. The molecule has 2 heterocycles. The number of benzene rings is 1. The average molecular weight is 342 g/mol. The predicted molar refractivity (Wildman–Crippen MR) is 97.6 cm³/mol. The van der Waals surface area contributed by atoms with Crippen molar-refractivity contribution in [3.05, 3.63) is 48.3 Å². The highest BCUT2D eigenvalue weighted by atomic mass is 16.3. The maximum absolute atomic E-state index is 12.6. The van der Waals surface area contributed by atoms with Crippen LogP contribution in [0.3, 0.4) is 0 Å². The van der Waals surface area contributed by atoms with E-state index in [1.165, 1.54) is 5.69 Å². The Hall–Kier alpha value is -2.34. The van der Waals surface area contributed by atoms with E-state index in [2.05, 4.69) is 5.10 Å². The molecule has 6 nitrogen and oxygen atoms in total. The molecule has 1 aromatic heterocycles. The number of likely N-dealkylation sites (tertiary alicyclic amines) is 1. The highest BCUT2D eigenvalue weighted by Gasteiger charge is 2.26. The first-order chi connectivity index (χ1) is 12.2. The molecular formula is C19H26N4O2. The van der Waals surface area contributed by atoms with Gasteiger partial charge in [-0.2, -0.15) is 5.10 Å². The lowest BCUT2D eigenvalue weighted by Crippen LogP contribution is -2.43. The lowest BCUT2D eigenvalue weighted by atomic mass is 9.93. The van der Waals surface area contributed by atoms with E-state index in [0.29, 0.717) is 19.0 Å². The Morgan fingerprint density at radius 3 is 2.64 bits per heavy atom. The Balaban J connectivity index is 1.53. The van der Waals surface area contributed by atoms with Crippen LogP contribution in [0.25, 0.3) is 0 Å². The summed E-state index contributed by atoms with van der Waals surface area (Å²) in [6.45, 7) is 2.57. The predicted octanol–water partition coefficient (Wildman–Crippen LogP) is 1.72. The van der Waals surface area contributed by atoms with Gasteiger partial charge >= 0.3 is 0 Å². The number of carbonyl (C=O) groups is 1. The first kappa shape index (κ1) is 17.5. The summed E-state index contributed by atoms with van der Waals surface area (Å²) in [5, 5.41) is 13.4. The molecule has 0 unspecified atom stereocenters. The van der Waals surface area contributed by atoms with Gasteiger partial charge in [0, 0.05) is 43.6 Å². The summed E-state index contributed by atoms with van der Waals surface area (Å²) >= 11 is 0. The number of likely N-dealkylation sites (N-methyl/N-ethyl adjacent to an activating group) is 1. The van der Waals surface area contributed by atoms with E-state index in [1.54, 1.807) is 6.20 Å². The van der Waals surface area contributed by atoms with Crippen LogP contribution in [0.15, 0.2) is 42.6 Å². The SMILES string of the molecule is CN(CC(=O)N1CCC(c2ccnn2CCO)CC1)c1ccccc1. The molecule has 1 N–H and O–H groups in total. The molecule has 1 fully saturated rings. The van der Waals surface area contributed by atoms with E-state index < -0.39 is 0 Å². The van der Waals surface area contributed by atoms with Crippen LogP contribution >= 0.6 is 0 Å². The van der Waals surface area contributed by atoms with Crippen molar-refractivity contribution in [1.82, 2.24) is 14.7 Å². The zero-order chi connectivity index (χ0) is 17.6. The summed E-state index contributed by atoms with van der Waals surface area (Å²) in [7, 11) is 1.95. The van der Waals surface area contributed by atoms with Gasteiger partial charge in [0.2, 0.25) is 5.91 Å². The molecule has 3 rings (SSSR count). The highest BCUT2D eigenvalue weighted by Crippen LogP contribution is 2.28. The summed E-state index contributed by atoms with van der Waals surface area (Å²) in [4.78, 5) is 16.5. The van der Waals surface area contributed by atoms with Gasteiger partial charge in [-0.3, -0.25) is 9.48 Å². The van der Waals surface area contributed by atoms with Gasteiger partial charge in [-0.1, -0.05) is 18.2 Å². The van der Waals surface area contributed by atoms with Gasteiger partial charge in [-0.25, -0.2) is 0 Å². The summed E-state index contributed by atoms with van der Waals surface area (Å²) in [5.74, 6) is 0.582. The number of aromatic nitrogens is 2. The van der Waals surface area contributed by atoms with Crippen LogP contribution in [0.2, 0.25) is 0 Å². The molecule has 1 aliphatic rings. The Labute approximate surface area is 148 Å². The topological polar surface area (TPSA) is 61.6 Å². The summed E-state index contributed by atoms with van der Waals surface area (Å²) in [6.07, 6.45) is 3.67. The van der Waals surface area contributed by atoms with Gasteiger partial charge in [-0.05, 0) is 31.0 Å². The van der Waals surface area contributed by atoms with Gasteiger partial charge < -0.3 is 14.9 Å². The molecule has 0 spiro atoms. The van der Waals surface area contributed by atoms with E-state index in [-0.39, 0.29) is 12.5 Å². The van der Waals surface area contributed by atoms with Crippen LogP contribution in [-0.2, 0) is 11.3 Å². The maximum atomic E-state index is 12.6. The molecule has 6 heteroatoms. The fourth-order valence-corrected chi connectivity index (χ4v) is 3.47. The number of amides is 1. The van der Waals surface area contributed by atoms with E-state index in [4.69, 9.17) is 5.11 Å². The second kappa shape index (κ2) is 8.16. The van der Waals surface area contributed by atoms with E-state index in [9.17, 15) is 4.79 Å². The minimum Gasteiger partial charge on any atom is -0.394 e. The zero-order valence-corrected chi connectivity index (χ0v) is 14.7. The Kier molecular flexibility index (Phi) is 5.71. The summed E-state index contributed by atoms with van der Waals surface area (Å²) < 4.78 is 1.88. The van der Waals surface area contributed by atoms with Crippen LogP contribution < -0.4 is 4.90 Å². The molecule has 2 aromatic rings. The number of para-hydroxylation sites is 1. The third-order valence-electron chi connectivity index (χ3n) is 4.90. The van der Waals surface area contributed by atoms with Crippen molar-refractivity contribution in [3.63, 3.8) is 0 Å². The number of anilines is 1. The molecule has 0 bridgehead atoms. The van der Waals surface area contributed by atoms with Crippen molar-refractivity contribution in [2.75, 3.05) is 38.2 Å². The van der Waals surface area contributed by atoms with Crippen molar-refractivity contribution < 1.29 is 9.90 Å². The van der Waals surface area contributed by atoms with Crippen LogP contribution in [0.4, 0.5) is 5.69 Å². The van der Waals surface area contributed by atoms with Gasteiger partial charge in [0.05, 0.1) is 19.7 Å². The number of hydrogen-bond donors (Lipinski definition) is 1. The fraction of sp³-hybridized carbons (Fsp3) is 0.474. The van der Waals surface area contributed by atoms with Crippen LogP contribution in [-0.4, -0.2) is 59.0 Å². The number of piperidine rings is 1. The van der Waals surface area contributed by atoms with Crippen LogP contribution in [0, 0.1) is 0 Å². The number of aliphatic hydroxyl groups is 1. The Morgan fingerprint density at radius 1 is 1.24 bits per heavy atom. The quantitative estimate of drug-likeness (QED) is 0.868. The largest absolute Gasteiger partial charge is 0.394 e. The third kappa shape index (κ3) is 4.20. The van der Waals surface area contributed by atoms with Crippen molar-refractivity contribution in [3.8, 4) is 0 Å². The number of carbonyl (C=O) groups excluding carboxylic acids is 1. The Bertz CT molecular complexity index is 678. The standard InChI is InChI=1S/C19H26N4O2/c1-21(17-5-3-2-4-6-17)15-19(25)22-11-8-16(9-12-22)18-7-10-20-23(18)13-14-24/h2-7,10,16,24H,8-9,11-15H2,1H3. The zero-order valence-electron chi connectivity index (χ0n) is 14.7. The molecule has 0 aliphatic carbocycles. The van der Waals surface area contributed by atoms with Gasteiger partial charge in [-0.15, -0.1) is 0 Å². The summed E-state index contributed by atoms with van der Waals surface area (Å²) in [5.41, 5.74) is 2.22. The van der Waals surface area contributed by atoms with E-state index in [0.717, 1.165) is 31.6 Å². The van der Waals surface area contributed by atoms with Crippen LogP contribution in [0.5, 0.6) is 0 Å². The number of hydrogen-bond acceptors (Lipinski definition) is 4. The van der Waals surface area contributed by atoms with Crippen molar-refractivity contribution in [2.45, 2.75) is 25.3 Å². The van der Waals surface area contributed by atoms with E-state index in [1.807, 2.05) is 57.9 Å². The minimum atomic E-state index is 0.0951. The molecule has 0 saturated carbocycles. The first-order valence-corrected chi connectivity index (χ1v) is 8.85. The van der Waals surface area contributed by atoms with Crippen molar-refractivity contribution >= 4 is 11.6 Å². The van der Waals surface area contributed by atoms with Crippen molar-refractivity contribution in [1.29, 1.82) is 0 Å². The molecular weight excluding hydrogens is 316 g/mol. The smallest absolute Gasteiger partial charge is 0.242 e. The third-order valence-corrected chi connectivity index (χ3v) is 4.90.